The molecule has 3 aromatic heterocycles. The van der Waals surface area contributed by atoms with E-state index in [9.17, 15) is 14.9 Å². The van der Waals surface area contributed by atoms with E-state index in [2.05, 4.69) is 15.0 Å². The number of halogens is 1. The lowest BCUT2D eigenvalue weighted by Gasteiger charge is -2.10. The molecule has 0 fully saturated rings. The second kappa shape index (κ2) is 7.08. The third kappa shape index (κ3) is 3.05. The van der Waals surface area contributed by atoms with Crippen molar-refractivity contribution in [1.82, 2.24) is 24.1 Å². The van der Waals surface area contributed by atoms with E-state index in [1.807, 2.05) is 0 Å². The lowest BCUT2D eigenvalue weighted by Crippen LogP contribution is -2.15. The highest BCUT2D eigenvalue weighted by Gasteiger charge is 2.19. The lowest BCUT2D eigenvalue weighted by molar-refractivity contribution is -0.384. The lowest BCUT2D eigenvalue weighted by atomic mass is 10.2. The monoisotopic (exact) mass is 399 g/mol. The number of nitrogen functional groups attached to an aromatic ring is 1. The molecule has 3 heterocycles. The summed E-state index contributed by atoms with van der Waals surface area (Å²) in [4.78, 5) is 35.2. The van der Waals surface area contributed by atoms with E-state index in [4.69, 9.17) is 5.73 Å². The summed E-state index contributed by atoms with van der Waals surface area (Å²) in [7, 11) is 1.63. The summed E-state index contributed by atoms with van der Waals surface area (Å²) in [5.41, 5.74) is 7.62. The smallest absolute Gasteiger partial charge is 0.270 e. The molecule has 0 saturated heterocycles. The van der Waals surface area contributed by atoms with Crippen molar-refractivity contribution in [3.63, 3.8) is 0 Å². The Bertz CT molecular complexity index is 1270. The number of hydrogen-bond acceptors (Lipinski definition) is 7. The average molecular weight is 400 g/mol. The number of nitrogens with zero attached hydrogens (tertiary/aromatic N) is 6. The first-order valence-corrected chi connectivity index (χ1v) is 7.86. The predicted molar refractivity (Wildman–Crippen MR) is 106 cm³/mol. The number of rotatable bonds is 3. The van der Waals surface area contributed by atoms with Crippen molar-refractivity contribution in [2.24, 2.45) is 7.05 Å². The van der Waals surface area contributed by atoms with Crippen molar-refractivity contribution < 1.29 is 4.92 Å². The maximum Gasteiger partial charge on any atom is 0.270 e. The Morgan fingerprint density at radius 3 is 2.68 bits per heavy atom. The van der Waals surface area contributed by atoms with Gasteiger partial charge < -0.3 is 10.3 Å². The molecule has 0 aliphatic rings. The van der Waals surface area contributed by atoms with Gasteiger partial charge in [-0.05, 0) is 6.07 Å². The fourth-order valence-electron chi connectivity index (χ4n) is 2.82. The second-order valence-electron chi connectivity index (χ2n) is 5.85. The number of nitrogens with two attached hydrogens (primary N) is 1. The number of imidazole rings is 1. The Morgan fingerprint density at radius 1 is 1.18 bits per heavy atom. The molecular weight excluding hydrogens is 386 g/mol. The van der Waals surface area contributed by atoms with Gasteiger partial charge in [0.2, 0.25) is 5.56 Å². The number of fused-ring (bicyclic) bond motifs is 1. The number of benzene rings is 1. The van der Waals surface area contributed by atoms with Gasteiger partial charge in [-0.15, -0.1) is 12.4 Å². The summed E-state index contributed by atoms with van der Waals surface area (Å²) in [6.45, 7) is 0. The molecular formula is C17H14ClN7O3. The fraction of sp³-hybridized carbons (Fsp3) is 0.0588. The number of hydrogen-bond donors (Lipinski definition) is 1. The molecule has 10 nitrogen and oxygen atoms in total. The van der Waals surface area contributed by atoms with Gasteiger partial charge in [-0.2, -0.15) is 0 Å². The van der Waals surface area contributed by atoms with E-state index in [1.54, 1.807) is 36.0 Å². The van der Waals surface area contributed by atoms with Crippen LogP contribution in [-0.2, 0) is 7.05 Å². The minimum Gasteiger partial charge on any atom is -0.382 e. The van der Waals surface area contributed by atoms with Crippen LogP contribution in [0.15, 0.2) is 53.7 Å². The van der Waals surface area contributed by atoms with Crippen LogP contribution in [0.3, 0.4) is 0 Å². The van der Waals surface area contributed by atoms with Crippen molar-refractivity contribution >= 4 is 35.1 Å². The largest absolute Gasteiger partial charge is 0.382 e. The number of nitro benzene ring substituents is 1. The van der Waals surface area contributed by atoms with Gasteiger partial charge in [0.05, 0.1) is 10.6 Å². The van der Waals surface area contributed by atoms with Crippen LogP contribution in [0.25, 0.3) is 28.2 Å². The highest BCUT2D eigenvalue weighted by Crippen LogP contribution is 2.30. The Morgan fingerprint density at radius 2 is 1.96 bits per heavy atom. The summed E-state index contributed by atoms with van der Waals surface area (Å²) in [6, 6.07) is 9.15. The van der Waals surface area contributed by atoms with Crippen LogP contribution in [0.4, 0.5) is 11.5 Å². The molecule has 28 heavy (non-hydrogen) atoms. The SMILES string of the molecule is Cl.Cn1cc(-n2c(-c3cccc([N+](=O)[O-])c3)nc3c(N)ncnc32)ccc1=O. The number of aromatic nitrogens is 5. The minimum absolute atomic E-state index is 0. The van der Waals surface area contributed by atoms with Crippen LogP contribution in [0.5, 0.6) is 0 Å². The van der Waals surface area contributed by atoms with Crippen molar-refractivity contribution in [3.8, 4) is 17.1 Å². The molecule has 0 spiro atoms. The van der Waals surface area contributed by atoms with Gasteiger partial charge in [-0.3, -0.25) is 19.5 Å². The molecule has 0 unspecified atom stereocenters. The summed E-state index contributed by atoms with van der Waals surface area (Å²) in [6.07, 6.45) is 2.94. The van der Waals surface area contributed by atoms with Gasteiger partial charge in [0.1, 0.15) is 12.2 Å². The van der Waals surface area contributed by atoms with E-state index >= 15 is 0 Å². The number of non-ortho nitro benzene ring substituents is 1. The highest BCUT2D eigenvalue weighted by atomic mass is 35.5. The molecule has 11 heteroatoms. The standard InChI is InChI=1S/C17H13N7O3.ClH/c1-22-8-12(5-6-13(22)25)23-16(10-3-2-4-11(7-10)24(26)27)21-14-15(18)19-9-20-17(14)23;/h2-9H,1H3,(H2,18,19,20);1H. The Hall–Kier alpha value is -3.79. The van der Waals surface area contributed by atoms with Gasteiger partial charge in [0, 0.05) is 37.0 Å². The molecule has 142 valence electrons. The summed E-state index contributed by atoms with van der Waals surface area (Å²) < 4.78 is 3.11. The maximum absolute atomic E-state index is 11.8. The fourth-order valence-corrected chi connectivity index (χ4v) is 2.82. The van der Waals surface area contributed by atoms with E-state index in [-0.39, 0.29) is 29.5 Å². The first-order valence-electron chi connectivity index (χ1n) is 7.86. The van der Waals surface area contributed by atoms with E-state index in [1.165, 1.54) is 29.1 Å². The third-order valence-corrected chi connectivity index (χ3v) is 4.12. The van der Waals surface area contributed by atoms with E-state index in [0.29, 0.717) is 28.2 Å². The molecule has 0 aliphatic heterocycles. The van der Waals surface area contributed by atoms with Gasteiger partial charge in [-0.25, -0.2) is 15.0 Å². The summed E-state index contributed by atoms with van der Waals surface area (Å²) in [5, 5.41) is 11.1. The minimum atomic E-state index is -0.475. The first kappa shape index (κ1) is 19.0. The van der Waals surface area contributed by atoms with Crippen LogP contribution in [0, 0.1) is 10.1 Å². The molecule has 4 aromatic rings. The number of anilines is 1. The van der Waals surface area contributed by atoms with Gasteiger partial charge in [0.25, 0.3) is 5.69 Å². The van der Waals surface area contributed by atoms with Crippen LogP contribution >= 0.6 is 12.4 Å². The van der Waals surface area contributed by atoms with Crippen LogP contribution < -0.4 is 11.3 Å². The van der Waals surface area contributed by atoms with Crippen molar-refractivity contribution in [2.45, 2.75) is 0 Å². The van der Waals surface area contributed by atoms with Crippen LogP contribution in [-0.4, -0.2) is 29.0 Å². The average Bonchev–Trinajstić information content (AvgIpc) is 3.05. The predicted octanol–water partition coefficient (Wildman–Crippen LogP) is 2.09. The van der Waals surface area contributed by atoms with Gasteiger partial charge >= 0.3 is 0 Å². The Balaban J connectivity index is 0.00000225. The Kier molecular flexibility index (Phi) is 4.80. The molecule has 4 rings (SSSR count). The highest BCUT2D eigenvalue weighted by molar-refractivity contribution is 5.87. The zero-order valence-corrected chi connectivity index (χ0v) is 15.3. The third-order valence-electron chi connectivity index (χ3n) is 4.12. The normalized spacial score (nSPS) is 10.6. The molecule has 0 atom stereocenters. The first-order chi connectivity index (χ1) is 13.0. The van der Waals surface area contributed by atoms with Crippen LogP contribution in [0.1, 0.15) is 0 Å². The second-order valence-corrected chi connectivity index (χ2v) is 5.85. The van der Waals surface area contributed by atoms with Gasteiger partial charge in [-0.1, -0.05) is 12.1 Å². The summed E-state index contributed by atoms with van der Waals surface area (Å²) in [5.74, 6) is 0.592. The topological polar surface area (TPSA) is 135 Å². The molecule has 2 N–H and O–H groups in total. The maximum atomic E-state index is 11.8. The number of aryl methyl sites for hydroxylation is 1. The van der Waals surface area contributed by atoms with E-state index < -0.39 is 4.92 Å². The molecule has 0 radical (unpaired) electrons. The Labute approximate surface area is 163 Å². The van der Waals surface area contributed by atoms with Crippen molar-refractivity contribution in [2.75, 3.05) is 5.73 Å². The zero-order valence-electron chi connectivity index (χ0n) is 14.5. The molecule has 0 aliphatic carbocycles. The van der Waals surface area contributed by atoms with Crippen molar-refractivity contribution in [1.29, 1.82) is 0 Å². The quantitative estimate of drug-likeness (QED) is 0.411. The van der Waals surface area contributed by atoms with Crippen molar-refractivity contribution in [3.05, 3.63) is 69.4 Å². The number of pyridine rings is 1. The summed E-state index contributed by atoms with van der Waals surface area (Å²) >= 11 is 0. The van der Waals surface area contributed by atoms with Crippen LogP contribution in [0.2, 0.25) is 0 Å². The molecule has 1 aromatic carbocycles. The molecule has 0 bridgehead atoms. The molecule has 0 amide bonds. The van der Waals surface area contributed by atoms with Gasteiger partial charge in [0.15, 0.2) is 17.0 Å². The van der Waals surface area contributed by atoms with E-state index in [0.717, 1.165) is 0 Å². The molecule has 0 saturated carbocycles. The number of nitro groups is 1. The zero-order chi connectivity index (χ0) is 19.1.